The van der Waals surface area contributed by atoms with Crippen LogP contribution < -0.4 is 5.32 Å². The number of amides is 1. The highest BCUT2D eigenvalue weighted by atomic mass is 35.5. The summed E-state index contributed by atoms with van der Waals surface area (Å²) in [5, 5.41) is 13.7. The highest BCUT2D eigenvalue weighted by molar-refractivity contribution is 7.99. The normalized spacial score (nSPS) is 10.8. The molecule has 1 aromatic carbocycles. The van der Waals surface area contributed by atoms with Crippen LogP contribution in [-0.2, 0) is 4.79 Å². The number of carbonyl (C=O) groups excluding carboxylic acids is 1. The van der Waals surface area contributed by atoms with Crippen molar-refractivity contribution in [1.82, 2.24) is 15.2 Å². The van der Waals surface area contributed by atoms with Crippen molar-refractivity contribution in [2.24, 2.45) is 0 Å². The lowest BCUT2D eigenvalue weighted by atomic mass is 10.4. The molecule has 24 heavy (non-hydrogen) atoms. The molecule has 0 atom stereocenters. The van der Waals surface area contributed by atoms with Gasteiger partial charge in [-0.15, -0.1) is 28.2 Å². The number of benzene rings is 1. The number of halogens is 1. The Hall–Kier alpha value is -1.90. The average Bonchev–Trinajstić information content (AvgIpc) is 3.18. The monoisotopic (exact) mass is 380 g/mol. The summed E-state index contributed by atoms with van der Waals surface area (Å²) in [7, 11) is 0. The predicted octanol–water partition coefficient (Wildman–Crippen LogP) is 4.28. The Kier molecular flexibility index (Phi) is 5.49. The molecular formula is C15H13ClN4O2S2. The Morgan fingerprint density at radius 3 is 2.83 bits per heavy atom. The van der Waals surface area contributed by atoms with E-state index in [9.17, 15) is 4.79 Å². The van der Waals surface area contributed by atoms with Crippen LogP contribution in [0.1, 0.15) is 11.4 Å². The number of hydrogen-bond donors (Lipinski definition) is 1. The summed E-state index contributed by atoms with van der Waals surface area (Å²) in [6.07, 6.45) is 0.334. The van der Waals surface area contributed by atoms with Crippen LogP contribution in [0.2, 0.25) is 5.02 Å². The van der Waals surface area contributed by atoms with E-state index in [1.54, 1.807) is 11.8 Å². The Balaban J connectivity index is 1.48. The summed E-state index contributed by atoms with van der Waals surface area (Å²) in [6, 6.07) is 7.57. The van der Waals surface area contributed by atoms with Crippen molar-refractivity contribution < 1.29 is 9.21 Å². The van der Waals surface area contributed by atoms with E-state index >= 15 is 0 Å². The van der Waals surface area contributed by atoms with Crippen LogP contribution in [0.25, 0.3) is 11.6 Å². The van der Waals surface area contributed by atoms with Crippen LogP contribution in [0.15, 0.2) is 39.0 Å². The standard InChI is InChI=1S/C15H13ClN4O2S2/c1-9-17-12(8-24-9)14-19-20-15(22-14)18-13(21)6-7-23-11-4-2-10(16)3-5-11/h2-5,8H,6-7H2,1H3,(H,18,20,21). The Bertz CT molecular complexity index is 832. The van der Waals surface area contributed by atoms with Gasteiger partial charge in [0.15, 0.2) is 0 Å². The van der Waals surface area contributed by atoms with Crippen molar-refractivity contribution in [3.63, 3.8) is 0 Å². The van der Waals surface area contributed by atoms with Gasteiger partial charge < -0.3 is 4.42 Å². The molecule has 6 nitrogen and oxygen atoms in total. The van der Waals surface area contributed by atoms with Gasteiger partial charge in [-0.05, 0) is 31.2 Å². The second-order valence-electron chi connectivity index (χ2n) is 4.76. The average molecular weight is 381 g/mol. The van der Waals surface area contributed by atoms with E-state index in [-0.39, 0.29) is 11.9 Å². The number of thiazole rings is 1. The zero-order valence-electron chi connectivity index (χ0n) is 12.7. The molecular weight excluding hydrogens is 368 g/mol. The van der Waals surface area contributed by atoms with Crippen molar-refractivity contribution in [2.45, 2.75) is 18.2 Å². The first-order valence-corrected chi connectivity index (χ1v) is 9.29. The minimum absolute atomic E-state index is 0.0807. The molecule has 1 N–H and O–H groups in total. The van der Waals surface area contributed by atoms with Crippen LogP contribution in [0, 0.1) is 6.92 Å². The predicted molar refractivity (Wildman–Crippen MR) is 95.6 cm³/mol. The number of rotatable bonds is 6. The minimum atomic E-state index is -0.180. The summed E-state index contributed by atoms with van der Waals surface area (Å²) in [6.45, 7) is 1.89. The van der Waals surface area contributed by atoms with Gasteiger partial charge >= 0.3 is 6.01 Å². The minimum Gasteiger partial charge on any atom is -0.401 e. The summed E-state index contributed by atoms with van der Waals surface area (Å²) >= 11 is 8.91. The first-order chi connectivity index (χ1) is 11.6. The summed E-state index contributed by atoms with van der Waals surface area (Å²) < 4.78 is 5.40. The largest absolute Gasteiger partial charge is 0.401 e. The molecule has 3 rings (SSSR count). The lowest BCUT2D eigenvalue weighted by Gasteiger charge is -2.02. The van der Waals surface area contributed by atoms with Crippen LogP contribution in [-0.4, -0.2) is 26.8 Å². The zero-order chi connectivity index (χ0) is 16.9. The van der Waals surface area contributed by atoms with E-state index in [0.29, 0.717) is 28.8 Å². The maximum Gasteiger partial charge on any atom is 0.322 e. The second-order valence-corrected chi connectivity index (χ2v) is 7.43. The van der Waals surface area contributed by atoms with Crippen molar-refractivity contribution in [3.05, 3.63) is 39.7 Å². The van der Waals surface area contributed by atoms with Gasteiger partial charge in [0.25, 0.3) is 5.89 Å². The maximum atomic E-state index is 11.9. The molecule has 3 aromatic rings. The van der Waals surface area contributed by atoms with Gasteiger partial charge in [0, 0.05) is 27.5 Å². The molecule has 0 radical (unpaired) electrons. The fraction of sp³-hybridized carbons (Fsp3) is 0.200. The van der Waals surface area contributed by atoms with Crippen LogP contribution in [0.5, 0.6) is 0 Å². The Morgan fingerprint density at radius 2 is 2.12 bits per heavy atom. The van der Waals surface area contributed by atoms with Gasteiger partial charge in [0.1, 0.15) is 5.69 Å². The first kappa shape index (κ1) is 16.9. The molecule has 0 fully saturated rings. The lowest BCUT2D eigenvalue weighted by molar-refractivity contribution is -0.115. The van der Waals surface area contributed by atoms with Crippen molar-refractivity contribution in [1.29, 1.82) is 0 Å². The maximum absolute atomic E-state index is 11.9. The number of aryl methyl sites for hydroxylation is 1. The molecule has 0 aliphatic carbocycles. The van der Waals surface area contributed by atoms with Crippen LogP contribution >= 0.6 is 34.7 Å². The van der Waals surface area contributed by atoms with Gasteiger partial charge in [-0.1, -0.05) is 16.7 Å². The van der Waals surface area contributed by atoms with E-state index in [4.69, 9.17) is 16.0 Å². The quantitative estimate of drug-likeness (QED) is 0.643. The van der Waals surface area contributed by atoms with E-state index in [1.807, 2.05) is 36.6 Å². The molecule has 0 aliphatic rings. The molecule has 0 saturated heterocycles. The third-order valence-electron chi connectivity index (χ3n) is 2.92. The molecule has 0 bridgehead atoms. The summed E-state index contributed by atoms with van der Waals surface area (Å²) in [5.74, 6) is 0.756. The van der Waals surface area contributed by atoms with Crippen LogP contribution in [0.4, 0.5) is 6.01 Å². The molecule has 2 aromatic heterocycles. The van der Waals surface area contributed by atoms with Crippen molar-refractivity contribution in [3.8, 4) is 11.6 Å². The zero-order valence-corrected chi connectivity index (χ0v) is 15.0. The summed E-state index contributed by atoms with van der Waals surface area (Å²) in [5.41, 5.74) is 0.615. The Morgan fingerprint density at radius 1 is 1.33 bits per heavy atom. The number of thioether (sulfide) groups is 1. The highest BCUT2D eigenvalue weighted by Gasteiger charge is 2.13. The molecule has 2 heterocycles. The topological polar surface area (TPSA) is 80.9 Å². The number of aromatic nitrogens is 3. The molecule has 124 valence electrons. The van der Waals surface area contributed by atoms with Gasteiger partial charge in [0.05, 0.1) is 5.01 Å². The number of nitrogens with one attached hydrogen (secondary N) is 1. The molecule has 0 aliphatic heterocycles. The molecule has 0 unspecified atom stereocenters. The van der Waals surface area contributed by atoms with E-state index in [2.05, 4.69) is 20.5 Å². The lowest BCUT2D eigenvalue weighted by Crippen LogP contribution is -2.12. The summed E-state index contributed by atoms with van der Waals surface area (Å²) in [4.78, 5) is 17.2. The molecule has 0 spiro atoms. The SMILES string of the molecule is Cc1nc(-c2nnc(NC(=O)CCSc3ccc(Cl)cc3)o2)cs1. The molecule has 9 heteroatoms. The van der Waals surface area contributed by atoms with Crippen molar-refractivity contribution in [2.75, 3.05) is 11.1 Å². The highest BCUT2D eigenvalue weighted by Crippen LogP contribution is 2.23. The van der Waals surface area contributed by atoms with E-state index < -0.39 is 0 Å². The molecule has 1 amide bonds. The van der Waals surface area contributed by atoms with Crippen molar-refractivity contribution >= 4 is 46.6 Å². The van der Waals surface area contributed by atoms with Gasteiger partial charge in [-0.25, -0.2) is 4.98 Å². The number of nitrogens with zero attached hydrogens (tertiary/aromatic N) is 3. The van der Waals surface area contributed by atoms with Gasteiger partial charge in [0.2, 0.25) is 5.91 Å². The van der Waals surface area contributed by atoms with E-state index in [0.717, 1.165) is 9.90 Å². The second kappa shape index (κ2) is 7.78. The fourth-order valence-electron chi connectivity index (χ4n) is 1.81. The molecule has 0 saturated carbocycles. The first-order valence-electron chi connectivity index (χ1n) is 7.04. The van der Waals surface area contributed by atoms with Gasteiger partial charge in [-0.2, -0.15) is 0 Å². The smallest absolute Gasteiger partial charge is 0.322 e. The van der Waals surface area contributed by atoms with Gasteiger partial charge in [-0.3, -0.25) is 10.1 Å². The van der Waals surface area contributed by atoms with E-state index in [1.165, 1.54) is 11.3 Å². The fourth-order valence-corrected chi connectivity index (χ4v) is 3.38. The Labute approximate surface area is 151 Å². The third-order valence-corrected chi connectivity index (χ3v) is 4.96. The van der Waals surface area contributed by atoms with Crippen LogP contribution in [0.3, 0.4) is 0 Å². The number of carbonyl (C=O) groups is 1. The third kappa shape index (κ3) is 4.56. The number of anilines is 1. The number of hydrogen-bond acceptors (Lipinski definition) is 7.